The molecular weight excluding hydrogens is 144 g/mol. The lowest BCUT2D eigenvalue weighted by Gasteiger charge is -2.19. The van der Waals surface area contributed by atoms with Gasteiger partial charge in [-0.1, -0.05) is 6.92 Å². The molecule has 0 heterocycles. The first kappa shape index (κ1) is 10.4. The predicted molar refractivity (Wildman–Crippen MR) is 42.9 cm³/mol. The molecule has 0 bridgehead atoms. The van der Waals surface area contributed by atoms with Crippen LogP contribution in [-0.2, 0) is 9.53 Å². The summed E-state index contributed by atoms with van der Waals surface area (Å²) in [6, 6.07) is -0.275. The molecule has 0 radical (unpaired) electrons. The Labute approximate surface area is 66.9 Å². The first-order chi connectivity index (χ1) is 5.11. The lowest BCUT2D eigenvalue weighted by Crippen LogP contribution is -2.39. The van der Waals surface area contributed by atoms with E-state index >= 15 is 0 Å². The summed E-state index contributed by atoms with van der Waals surface area (Å²) in [6.07, 6.45) is 0.916. The van der Waals surface area contributed by atoms with Gasteiger partial charge in [-0.05, 0) is 6.42 Å². The van der Waals surface area contributed by atoms with Gasteiger partial charge in [-0.3, -0.25) is 4.79 Å². The van der Waals surface area contributed by atoms with Crippen LogP contribution in [0.4, 0.5) is 0 Å². The van der Waals surface area contributed by atoms with Crippen molar-refractivity contribution in [2.45, 2.75) is 31.9 Å². The summed E-state index contributed by atoms with van der Waals surface area (Å²) < 4.78 is 5.03. The molecule has 66 valence electrons. The molecule has 0 aromatic heterocycles. The number of ether oxygens (including phenoxy) is 1. The number of amides is 1. The number of rotatable bonds is 5. The molecule has 0 aliphatic carbocycles. The van der Waals surface area contributed by atoms with E-state index in [-0.39, 0.29) is 24.5 Å². The van der Waals surface area contributed by atoms with Crippen LogP contribution in [0.3, 0.4) is 0 Å². The van der Waals surface area contributed by atoms with E-state index < -0.39 is 0 Å². The van der Waals surface area contributed by atoms with Crippen LogP contribution in [0.15, 0.2) is 0 Å². The largest absolute Gasteiger partial charge is 0.380 e. The van der Waals surface area contributed by atoms with Gasteiger partial charge in [-0.2, -0.15) is 0 Å². The van der Waals surface area contributed by atoms with Crippen LogP contribution >= 0.6 is 0 Å². The summed E-state index contributed by atoms with van der Waals surface area (Å²) in [5, 5.41) is 0. The zero-order valence-corrected chi connectivity index (χ0v) is 7.04. The molecule has 4 N–H and O–H groups in total. The quantitative estimate of drug-likeness (QED) is 0.575. The maximum atomic E-state index is 10.4. The number of primary amides is 1. The molecule has 2 atom stereocenters. The molecule has 0 rings (SSSR count). The number of carbonyl (C=O) groups is 1. The molecule has 0 fully saturated rings. The van der Waals surface area contributed by atoms with Crippen LogP contribution in [0.25, 0.3) is 0 Å². The zero-order valence-electron chi connectivity index (χ0n) is 7.04. The lowest BCUT2D eigenvalue weighted by molar-refractivity contribution is -0.119. The van der Waals surface area contributed by atoms with Gasteiger partial charge >= 0.3 is 0 Å². The van der Waals surface area contributed by atoms with Crippen molar-refractivity contribution in [3.05, 3.63) is 0 Å². The second kappa shape index (κ2) is 5.09. The van der Waals surface area contributed by atoms with E-state index in [1.54, 1.807) is 7.11 Å². The van der Waals surface area contributed by atoms with Crippen LogP contribution in [-0.4, -0.2) is 25.2 Å². The second-order valence-electron chi connectivity index (χ2n) is 2.52. The van der Waals surface area contributed by atoms with Crippen molar-refractivity contribution in [2.24, 2.45) is 11.5 Å². The van der Waals surface area contributed by atoms with Crippen molar-refractivity contribution in [3.63, 3.8) is 0 Å². The average molecular weight is 160 g/mol. The highest BCUT2D eigenvalue weighted by molar-refractivity contribution is 5.74. The molecule has 0 spiro atoms. The van der Waals surface area contributed by atoms with Crippen molar-refractivity contribution in [3.8, 4) is 0 Å². The number of methoxy groups -OCH3 is 1. The van der Waals surface area contributed by atoms with E-state index in [4.69, 9.17) is 16.2 Å². The lowest BCUT2D eigenvalue weighted by atomic mass is 10.1. The van der Waals surface area contributed by atoms with Crippen LogP contribution in [0.5, 0.6) is 0 Å². The Kier molecular flexibility index (Phi) is 4.81. The minimum Gasteiger partial charge on any atom is -0.380 e. The Morgan fingerprint density at radius 1 is 1.64 bits per heavy atom. The summed E-state index contributed by atoms with van der Waals surface area (Å²) >= 11 is 0. The van der Waals surface area contributed by atoms with Crippen molar-refractivity contribution >= 4 is 5.91 Å². The molecule has 0 saturated carbocycles. The van der Waals surface area contributed by atoms with Gasteiger partial charge in [0.15, 0.2) is 0 Å². The number of hydrogen-bond acceptors (Lipinski definition) is 3. The number of hydrogen-bond donors (Lipinski definition) is 2. The number of nitrogens with two attached hydrogens (primary N) is 2. The first-order valence-corrected chi connectivity index (χ1v) is 3.68. The predicted octanol–water partition coefficient (Wildman–Crippen LogP) is -0.386. The topological polar surface area (TPSA) is 78.3 Å². The van der Waals surface area contributed by atoms with Crippen molar-refractivity contribution in [1.82, 2.24) is 0 Å². The first-order valence-electron chi connectivity index (χ1n) is 3.68. The van der Waals surface area contributed by atoms with Crippen molar-refractivity contribution in [1.29, 1.82) is 0 Å². The van der Waals surface area contributed by atoms with Crippen LogP contribution in [0.1, 0.15) is 19.8 Å². The number of carbonyl (C=O) groups excluding carboxylic acids is 1. The summed E-state index contributed by atoms with van der Waals surface area (Å²) in [5.41, 5.74) is 10.6. The molecule has 0 aromatic rings. The van der Waals surface area contributed by atoms with Gasteiger partial charge in [0.2, 0.25) is 5.91 Å². The SMILES string of the molecule is CCC(OC)C(N)CC(N)=O. The van der Waals surface area contributed by atoms with Crippen molar-refractivity contribution in [2.75, 3.05) is 7.11 Å². The van der Waals surface area contributed by atoms with Gasteiger partial charge < -0.3 is 16.2 Å². The summed E-state index contributed by atoms with van der Waals surface area (Å²) in [6.45, 7) is 1.95. The van der Waals surface area contributed by atoms with Gasteiger partial charge in [0.1, 0.15) is 0 Å². The van der Waals surface area contributed by atoms with Gasteiger partial charge in [0.25, 0.3) is 0 Å². The minimum absolute atomic E-state index is 0.0671. The Bertz CT molecular complexity index is 124. The Balaban J connectivity index is 3.78. The highest BCUT2D eigenvalue weighted by atomic mass is 16.5. The fraction of sp³-hybridized carbons (Fsp3) is 0.857. The van der Waals surface area contributed by atoms with Crippen LogP contribution in [0, 0.1) is 0 Å². The van der Waals surface area contributed by atoms with Gasteiger partial charge in [-0.25, -0.2) is 0 Å². The fourth-order valence-electron chi connectivity index (χ4n) is 1.01. The molecule has 0 aliphatic rings. The third kappa shape index (κ3) is 3.95. The normalized spacial score (nSPS) is 15.9. The second-order valence-corrected chi connectivity index (χ2v) is 2.52. The standard InChI is InChI=1S/C7H16N2O2/c1-3-6(11-2)5(8)4-7(9)10/h5-6H,3-4,8H2,1-2H3,(H2,9,10). The van der Waals surface area contributed by atoms with Crippen LogP contribution < -0.4 is 11.5 Å². The molecular formula is C7H16N2O2. The van der Waals surface area contributed by atoms with E-state index in [9.17, 15) is 4.79 Å². The fourth-order valence-corrected chi connectivity index (χ4v) is 1.01. The van der Waals surface area contributed by atoms with Gasteiger partial charge in [0, 0.05) is 19.6 Å². The smallest absolute Gasteiger partial charge is 0.219 e. The third-order valence-corrected chi connectivity index (χ3v) is 1.62. The Morgan fingerprint density at radius 3 is 2.45 bits per heavy atom. The molecule has 2 unspecified atom stereocenters. The highest BCUT2D eigenvalue weighted by Gasteiger charge is 2.16. The molecule has 0 saturated heterocycles. The molecule has 11 heavy (non-hydrogen) atoms. The molecule has 1 amide bonds. The zero-order chi connectivity index (χ0) is 8.85. The Hall–Kier alpha value is -0.610. The Morgan fingerprint density at radius 2 is 2.18 bits per heavy atom. The van der Waals surface area contributed by atoms with E-state index in [0.717, 1.165) is 6.42 Å². The molecule has 0 aromatic carbocycles. The van der Waals surface area contributed by atoms with Gasteiger partial charge in [0.05, 0.1) is 6.10 Å². The van der Waals surface area contributed by atoms with E-state index in [2.05, 4.69) is 0 Å². The highest BCUT2D eigenvalue weighted by Crippen LogP contribution is 2.03. The minimum atomic E-state index is -0.381. The monoisotopic (exact) mass is 160 g/mol. The van der Waals surface area contributed by atoms with Crippen LogP contribution in [0.2, 0.25) is 0 Å². The van der Waals surface area contributed by atoms with E-state index in [0.29, 0.717) is 0 Å². The van der Waals surface area contributed by atoms with Crippen molar-refractivity contribution < 1.29 is 9.53 Å². The molecule has 0 aliphatic heterocycles. The summed E-state index contributed by atoms with van der Waals surface area (Å²) in [4.78, 5) is 10.4. The average Bonchev–Trinajstić information content (AvgIpc) is 1.88. The summed E-state index contributed by atoms with van der Waals surface area (Å²) in [7, 11) is 1.58. The molecule has 4 nitrogen and oxygen atoms in total. The summed E-state index contributed by atoms with van der Waals surface area (Å²) in [5.74, 6) is -0.381. The third-order valence-electron chi connectivity index (χ3n) is 1.62. The maximum absolute atomic E-state index is 10.4. The van der Waals surface area contributed by atoms with Gasteiger partial charge in [-0.15, -0.1) is 0 Å². The van der Waals surface area contributed by atoms with E-state index in [1.165, 1.54) is 0 Å². The van der Waals surface area contributed by atoms with E-state index in [1.807, 2.05) is 6.92 Å². The maximum Gasteiger partial charge on any atom is 0.219 e. The molecule has 4 heteroatoms.